The van der Waals surface area contributed by atoms with Crippen LogP contribution in [0.2, 0.25) is 0 Å². The predicted molar refractivity (Wildman–Crippen MR) is 60.8 cm³/mol. The van der Waals surface area contributed by atoms with Crippen LogP contribution < -0.4 is 11.5 Å². The summed E-state index contributed by atoms with van der Waals surface area (Å²) < 4.78 is 0. The molecule has 0 aromatic rings. The zero-order chi connectivity index (χ0) is 13.6. The number of aliphatic carboxylic acids is 1. The molecule has 0 heterocycles. The Bertz CT molecular complexity index is 306. The smallest absolute Gasteiger partial charge is 0.308 e. The van der Waals surface area contributed by atoms with Gasteiger partial charge in [0.2, 0.25) is 11.8 Å². The number of hydrogen-bond donors (Lipinski definition) is 3. The van der Waals surface area contributed by atoms with Crippen molar-refractivity contribution in [1.82, 2.24) is 4.90 Å². The van der Waals surface area contributed by atoms with Gasteiger partial charge in [0.25, 0.3) is 0 Å². The summed E-state index contributed by atoms with van der Waals surface area (Å²) in [6.07, 6.45) is -0.239. The van der Waals surface area contributed by atoms with Gasteiger partial charge >= 0.3 is 5.97 Å². The molecule has 5 N–H and O–H groups in total. The normalized spacial score (nSPS) is 13.8. The highest BCUT2D eigenvalue weighted by Crippen LogP contribution is 2.03. The molecule has 0 aliphatic rings. The molecule has 98 valence electrons. The lowest BCUT2D eigenvalue weighted by Crippen LogP contribution is -2.47. The van der Waals surface area contributed by atoms with E-state index in [4.69, 9.17) is 16.6 Å². The highest BCUT2D eigenvalue weighted by molar-refractivity contribution is 5.87. The van der Waals surface area contributed by atoms with E-state index in [9.17, 15) is 14.4 Å². The van der Waals surface area contributed by atoms with E-state index < -0.39 is 29.7 Å². The Kier molecular flexibility index (Phi) is 6.19. The van der Waals surface area contributed by atoms with Gasteiger partial charge in [0.15, 0.2) is 0 Å². The number of likely N-dealkylation sites (N-methyl/N-ethyl adjacent to an activating group) is 1. The van der Waals surface area contributed by atoms with E-state index in [0.29, 0.717) is 6.54 Å². The van der Waals surface area contributed by atoms with E-state index in [1.54, 1.807) is 6.92 Å². The van der Waals surface area contributed by atoms with Crippen molar-refractivity contribution < 1.29 is 19.5 Å². The largest absolute Gasteiger partial charge is 0.481 e. The molecule has 0 saturated heterocycles. The summed E-state index contributed by atoms with van der Waals surface area (Å²) in [5, 5.41) is 8.75. The number of nitrogens with zero attached hydrogens (tertiary/aromatic N) is 1. The lowest BCUT2D eigenvalue weighted by molar-refractivity contribution is -0.143. The number of hydrogen-bond acceptors (Lipinski definition) is 4. The Labute approximate surface area is 99.7 Å². The number of carboxylic acids is 1. The van der Waals surface area contributed by atoms with Gasteiger partial charge in [-0.15, -0.1) is 0 Å². The first-order valence-corrected chi connectivity index (χ1v) is 5.35. The van der Waals surface area contributed by atoms with Crippen LogP contribution in [-0.4, -0.2) is 46.9 Å². The van der Waals surface area contributed by atoms with Gasteiger partial charge in [-0.1, -0.05) is 6.92 Å². The number of nitrogens with two attached hydrogens (primary N) is 2. The molecule has 0 rings (SSSR count). The van der Waals surface area contributed by atoms with Crippen molar-refractivity contribution >= 4 is 17.8 Å². The Morgan fingerprint density at radius 2 is 1.88 bits per heavy atom. The first kappa shape index (κ1) is 15.4. The molecular weight excluding hydrogens is 226 g/mol. The Balaban J connectivity index is 4.49. The lowest BCUT2D eigenvalue weighted by Gasteiger charge is -2.25. The molecule has 7 nitrogen and oxygen atoms in total. The average Bonchev–Trinajstić information content (AvgIpc) is 2.23. The standard InChI is InChI=1S/C10H19N3O4/c1-3-13(5-6(2)10(16)17)9(15)7(11)4-8(12)14/h6-7H,3-5,11H2,1-2H3,(H2,12,14)(H,16,17). The minimum atomic E-state index is -1.01. The number of carboxylic acid groups (broad SMARTS) is 1. The molecule has 0 radical (unpaired) electrons. The minimum absolute atomic E-state index is 0.0666. The molecule has 0 fully saturated rings. The summed E-state index contributed by atoms with van der Waals surface area (Å²) in [6, 6.07) is -1.01. The molecule has 0 spiro atoms. The van der Waals surface area contributed by atoms with Crippen LogP contribution in [0.1, 0.15) is 20.3 Å². The Hall–Kier alpha value is -1.63. The van der Waals surface area contributed by atoms with Gasteiger partial charge in [-0.2, -0.15) is 0 Å². The lowest BCUT2D eigenvalue weighted by atomic mass is 10.1. The highest BCUT2D eigenvalue weighted by Gasteiger charge is 2.24. The molecule has 2 amide bonds. The fourth-order valence-corrected chi connectivity index (χ4v) is 1.32. The topological polar surface area (TPSA) is 127 Å². The van der Waals surface area contributed by atoms with Crippen molar-refractivity contribution in [3.05, 3.63) is 0 Å². The van der Waals surface area contributed by atoms with E-state index in [1.807, 2.05) is 0 Å². The second-order valence-electron chi connectivity index (χ2n) is 3.89. The van der Waals surface area contributed by atoms with Crippen LogP contribution in [0, 0.1) is 5.92 Å². The van der Waals surface area contributed by atoms with Gasteiger partial charge in [0.05, 0.1) is 18.4 Å². The number of rotatable bonds is 7. The highest BCUT2D eigenvalue weighted by atomic mass is 16.4. The van der Waals surface area contributed by atoms with Gasteiger partial charge in [-0.05, 0) is 6.92 Å². The number of amides is 2. The molecular formula is C10H19N3O4. The van der Waals surface area contributed by atoms with Crippen molar-refractivity contribution in [1.29, 1.82) is 0 Å². The fourth-order valence-electron chi connectivity index (χ4n) is 1.32. The maximum atomic E-state index is 11.8. The molecule has 0 aliphatic heterocycles. The Morgan fingerprint density at radius 3 is 2.24 bits per heavy atom. The first-order chi connectivity index (χ1) is 7.79. The molecule has 0 aromatic carbocycles. The number of carbonyl (C=O) groups excluding carboxylic acids is 2. The van der Waals surface area contributed by atoms with Gasteiger partial charge in [0, 0.05) is 13.1 Å². The average molecular weight is 245 g/mol. The second kappa shape index (κ2) is 6.85. The summed E-state index contributed by atoms with van der Waals surface area (Å²) in [6.45, 7) is 3.61. The molecule has 0 aliphatic carbocycles. The fraction of sp³-hybridized carbons (Fsp3) is 0.700. The van der Waals surface area contributed by atoms with Crippen LogP contribution in [0.15, 0.2) is 0 Å². The van der Waals surface area contributed by atoms with Crippen LogP contribution in [0.5, 0.6) is 0 Å². The third kappa shape index (κ3) is 5.30. The summed E-state index contributed by atoms with van der Waals surface area (Å²) in [7, 11) is 0. The van der Waals surface area contributed by atoms with Gasteiger partial charge < -0.3 is 21.5 Å². The zero-order valence-electron chi connectivity index (χ0n) is 10.0. The number of primary amides is 1. The Morgan fingerprint density at radius 1 is 1.35 bits per heavy atom. The molecule has 0 bridgehead atoms. The van der Waals surface area contributed by atoms with Gasteiger partial charge in [-0.25, -0.2) is 0 Å². The van der Waals surface area contributed by atoms with Crippen molar-refractivity contribution in [3.63, 3.8) is 0 Å². The second-order valence-corrected chi connectivity index (χ2v) is 3.89. The van der Waals surface area contributed by atoms with Crippen molar-refractivity contribution in [2.24, 2.45) is 17.4 Å². The minimum Gasteiger partial charge on any atom is -0.481 e. The molecule has 17 heavy (non-hydrogen) atoms. The van der Waals surface area contributed by atoms with Crippen LogP contribution in [0.3, 0.4) is 0 Å². The summed E-state index contributed by atoms with van der Waals surface area (Å²) in [5.41, 5.74) is 10.4. The third-order valence-electron chi connectivity index (χ3n) is 2.35. The molecule has 2 atom stereocenters. The van der Waals surface area contributed by atoms with Crippen LogP contribution in [-0.2, 0) is 14.4 Å². The summed E-state index contributed by atoms with van der Waals surface area (Å²) in [5.74, 6) is -2.79. The molecule has 0 aromatic heterocycles. The van der Waals surface area contributed by atoms with Crippen molar-refractivity contribution in [2.75, 3.05) is 13.1 Å². The van der Waals surface area contributed by atoms with E-state index in [-0.39, 0.29) is 13.0 Å². The first-order valence-electron chi connectivity index (χ1n) is 5.35. The van der Waals surface area contributed by atoms with E-state index >= 15 is 0 Å². The quantitative estimate of drug-likeness (QED) is 0.517. The van der Waals surface area contributed by atoms with Crippen molar-refractivity contribution in [3.8, 4) is 0 Å². The van der Waals surface area contributed by atoms with E-state index in [2.05, 4.69) is 0 Å². The molecule has 0 saturated carbocycles. The summed E-state index contributed by atoms with van der Waals surface area (Å²) in [4.78, 5) is 34.4. The van der Waals surface area contributed by atoms with E-state index in [1.165, 1.54) is 11.8 Å². The van der Waals surface area contributed by atoms with E-state index in [0.717, 1.165) is 0 Å². The maximum Gasteiger partial charge on any atom is 0.308 e. The maximum absolute atomic E-state index is 11.8. The van der Waals surface area contributed by atoms with Crippen LogP contribution in [0.25, 0.3) is 0 Å². The predicted octanol–water partition coefficient (Wildman–Crippen LogP) is -1.24. The third-order valence-corrected chi connectivity index (χ3v) is 2.35. The number of carbonyl (C=O) groups is 3. The van der Waals surface area contributed by atoms with Gasteiger partial charge in [-0.3, -0.25) is 14.4 Å². The monoisotopic (exact) mass is 245 g/mol. The zero-order valence-corrected chi connectivity index (χ0v) is 10.0. The van der Waals surface area contributed by atoms with Crippen LogP contribution in [0.4, 0.5) is 0 Å². The molecule has 7 heteroatoms. The van der Waals surface area contributed by atoms with Crippen molar-refractivity contribution in [2.45, 2.75) is 26.3 Å². The summed E-state index contributed by atoms with van der Waals surface area (Å²) >= 11 is 0. The molecule has 2 unspecified atom stereocenters. The van der Waals surface area contributed by atoms with Crippen LogP contribution >= 0.6 is 0 Å². The van der Waals surface area contributed by atoms with Gasteiger partial charge in [0.1, 0.15) is 0 Å². The SMILES string of the molecule is CCN(CC(C)C(=O)O)C(=O)C(N)CC(N)=O.